The third-order valence-corrected chi connectivity index (χ3v) is 4.61. The van der Waals surface area contributed by atoms with Crippen LogP contribution in [-0.4, -0.2) is 14.2 Å². The zero-order valence-corrected chi connectivity index (χ0v) is 8.60. The van der Waals surface area contributed by atoms with Crippen LogP contribution >= 0.6 is 0 Å². The van der Waals surface area contributed by atoms with E-state index in [1.165, 1.54) is 18.2 Å². The van der Waals surface area contributed by atoms with Gasteiger partial charge in [0.15, 0.2) is 9.84 Å². The molecule has 1 heterocycles. The molecule has 0 radical (unpaired) electrons. The van der Waals surface area contributed by atoms with E-state index in [4.69, 9.17) is 5.73 Å². The van der Waals surface area contributed by atoms with Crippen molar-refractivity contribution in [3.05, 3.63) is 11.1 Å². The highest BCUT2D eigenvalue weighted by Gasteiger charge is 2.42. The average molecular weight is 201 g/mol. The maximum atomic E-state index is 11.3. The maximum Gasteiger partial charge on any atom is 0.174 e. The van der Waals surface area contributed by atoms with Crippen LogP contribution in [0.4, 0.5) is 0 Å². The molecule has 2 aliphatic rings. The van der Waals surface area contributed by atoms with Gasteiger partial charge in [0.2, 0.25) is 0 Å². The van der Waals surface area contributed by atoms with Gasteiger partial charge >= 0.3 is 0 Å². The molecule has 3 nitrogen and oxygen atoms in total. The van der Waals surface area contributed by atoms with E-state index in [0.717, 1.165) is 6.42 Å². The van der Waals surface area contributed by atoms with Gasteiger partial charge in [-0.2, -0.15) is 0 Å². The van der Waals surface area contributed by atoms with Crippen molar-refractivity contribution in [1.29, 1.82) is 0 Å². The van der Waals surface area contributed by atoms with Crippen LogP contribution in [0, 0.1) is 11.3 Å². The van der Waals surface area contributed by atoms with Crippen LogP contribution in [0.3, 0.4) is 0 Å². The van der Waals surface area contributed by atoms with Crippen LogP contribution < -0.4 is 5.73 Å². The maximum absolute atomic E-state index is 11.3. The van der Waals surface area contributed by atoms with Gasteiger partial charge in [0.05, 0.1) is 11.2 Å². The second-order valence-corrected chi connectivity index (χ2v) is 6.44. The molecule has 2 rings (SSSR count). The zero-order chi connectivity index (χ0) is 9.69. The minimum atomic E-state index is -3.01. The predicted molar refractivity (Wildman–Crippen MR) is 51.5 cm³/mol. The summed E-state index contributed by atoms with van der Waals surface area (Å²) in [6.45, 7) is 1.96. The Hall–Kier alpha value is -0.510. The molecule has 1 aliphatic carbocycles. The van der Waals surface area contributed by atoms with Crippen LogP contribution in [-0.2, 0) is 9.84 Å². The predicted octanol–water partition coefficient (Wildman–Crippen LogP) is 1.02. The van der Waals surface area contributed by atoms with Gasteiger partial charge in [-0.3, -0.25) is 0 Å². The molecule has 0 bridgehead atoms. The summed E-state index contributed by atoms with van der Waals surface area (Å²) < 4.78 is 22.6. The lowest BCUT2D eigenvalue weighted by Gasteiger charge is -2.23. The van der Waals surface area contributed by atoms with Gasteiger partial charge in [-0.25, -0.2) is 8.42 Å². The van der Waals surface area contributed by atoms with Crippen LogP contribution in [0.25, 0.3) is 0 Å². The number of sulfone groups is 1. The van der Waals surface area contributed by atoms with E-state index in [2.05, 4.69) is 0 Å². The van der Waals surface area contributed by atoms with Gasteiger partial charge in [-0.15, -0.1) is 0 Å². The fourth-order valence-corrected chi connectivity index (χ4v) is 3.97. The van der Waals surface area contributed by atoms with Crippen LogP contribution in [0.1, 0.15) is 26.2 Å². The van der Waals surface area contributed by atoms with Gasteiger partial charge in [0.1, 0.15) is 0 Å². The largest absolute Gasteiger partial charge is 0.401 e. The van der Waals surface area contributed by atoms with E-state index < -0.39 is 9.84 Å². The molecule has 0 aromatic carbocycles. The molecule has 0 aromatic heterocycles. The summed E-state index contributed by atoms with van der Waals surface area (Å²) in [5, 5.41) is 1.25. The first-order valence-corrected chi connectivity index (χ1v) is 6.33. The first-order valence-electron chi connectivity index (χ1n) is 4.62. The van der Waals surface area contributed by atoms with Crippen molar-refractivity contribution in [3.63, 3.8) is 0 Å². The topological polar surface area (TPSA) is 60.2 Å². The summed E-state index contributed by atoms with van der Waals surface area (Å²) in [5.74, 6) is 0.924. The van der Waals surface area contributed by atoms with E-state index in [1.807, 2.05) is 6.92 Å². The molecule has 1 aliphatic heterocycles. The van der Waals surface area contributed by atoms with Crippen molar-refractivity contribution >= 4 is 9.84 Å². The summed E-state index contributed by atoms with van der Waals surface area (Å²) >= 11 is 0. The van der Waals surface area contributed by atoms with E-state index in [0.29, 0.717) is 11.6 Å². The third kappa shape index (κ3) is 1.73. The Morgan fingerprint density at radius 3 is 2.62 bits per heavy atom. The number of allylic oxidation sites excluding steroid dienone is 1. The fraction of sp³-hybridized carbons (Fsp3) is 0.778. The molecule has 74 valence electrons. The molecular weight excluding hydrogens is 186 g/mol. The lowest BCUT2D eigenvalue weighted by molar-refractivity contribution is 0.387. The van der Waals surface area contributed by atoms with Crippen LogP contribution in [0.2, 0.25) is 0 Å². The van der Waals surface area contributed by atoms with Crippen molar-refractivity contribution in [1.82, 2.24) is 0 Å². The van der Waals surface area contributed by atoms with Crippen molar-refractivity contribution in [2.45, 2.75) is 26.2 Å². The molecule has 13 heavy (non-hydrogen) atoms. The second kappa shape index (κ2) is 2.50. The van der Waals surface area contributed by atoms with Crippen molar-refractivity contribution in [3.8, 4) is 0 Å². The second-order valence-electron chi connectivity index (χ2n) is 4.59. The SMILES string of the molecule is CC1(CC2CC2)CS(=O)(=O)C=C1N. The summed E-state index contributed by atoms with van der Waals surface area (Å²) in [6, 6.07) is 0. The quantitative estimate of drug-likeness (QED) is 0.725. The molecule has 2 N–H and O–H groups in total. The first kappa shape index (κ1) is 9.06. The van der Waals surface area contributed by atoms with E-state index in [9.17, 15) is 8.42 Å². The molecule has 0 aromatic rings. The Balaban J connectivity index is 2.20. The third-order valence-electron chi connectivity index (χ3n) is 2.96. The Morgan fingerprint density at radius 1 is 1.62 bits per heavy atom. The molecule has 1 fully saturated rings. The summed E-state index contributed by atoms with van der Waals surface area (Å²) in [5.41, 5.74) is 6.02. The molecule has 0 amide bonds. The van der Waals surface area contributed by atoms with E-state index >= 15 is 0 Å². The van der Waals surface area contributed by atoms with Crippen LogP contribution in [0.15, 0.2) is 11.1 Å². The molecule has 0 spiro atoms. The Kier molecular flexibility index (Phi) is 1.74. The highest BCUT2D eigenvalue weighted by atomic mass is 32.2. The summed E-state index contributed by atoms with van der Waals surface area (Å²) in [6.07, 6.45) is 3.42. The van der Waals surface area contributed by atoms with Crippen molar-refractivity contribution in [2.24, 2.45) is 17.1 Å². The Bertz CT molecular complexity index is 354. The number of hydrogen-bond donors (Lipinski definition) is 1. The highest BCUT2D eigenvalue weighted by Crippen LogP contribution is 2.45. The number of hydrogen-bond acceptors (Lipinski definition) is 3. The molecule has 1 saturated carbocycles. The van der Waals surface area contributed by atoms with E-state index in [-0.39, 0.29) is 11.2 Å². The fourth-order valence-electron chi connectivity index (χ4n) is 2.04. The van der Waals surface area contributed by atoms with Crippen LogP contribution in [0.5, 0.6) is 0 Å². The normalized spacial score (nSPS) is 37.5. The van der Waals surface area contributed by atoms with Gasteiger partial charge in [-0.05, 0) is 12.3 Å². The Morgan fingerprint density at radius 2 is 2.23 bits per heavy atom. The zero-order valence-electron chi connectivity index (χ0n) is 7.79. The lowest BCUT2D eigenvalue weighted by Crippen LogP contribution is -2.26. The molecule has 4 heteroatoms. The standard InChI is InChI=1S/C9H15NO2S/c1-9(4-7-2-3-7)6-13(11,12)5-8(9)10/h5,7H,2-4,6,10H2,1H3. The van der Waals surface area contributed by atoms with Gasteiger partial charge in [0.25, 0.3) is 0 Å². The Labute approximate surface area is 78.9 Å². The number of nitrogens with two attached hydrogens (primary N) is 1. The van der Waals surface area contributed by atoms with Crippen molar-refractivity contribution in [2.75, 3.05) is 5.75 Å². The first-order chi connectivity index (χ1) is 5.91. The molecule has 0 saturated heterocycles. The monoisotopic (exact) mass is 201 g/mol. The van der Waals surface area contributed by atoms with E-state index in [1.54, 1.807) is 0 Å². The van der Waals surface area contributed by atoms with Gasteiger partial charge in [-0.1, -0.05) is 19.8 Å². The van der Waals surface area contributed by atoms with Gasteiger partial charge in [0, 0.05) is 11.1 Å². The smallest absolute Gasteiger partial charge is 0.174 e. The summed E-state index contributed by atoms with van der Waals surface area (Å²) in [7, 11) is -3.01. The molecular formula is C9H15NO2S. The highest BCUT2D eigenvalue weighted by molar-refractivity contribution is 7.94. The van der Waals surface area contributed by atoms with Gasteiger partial charge < -0.3 is 5.73 Å². The minimum Gasteiger partial charge on any atom is -0.401 e. The number of rotatable bonds is 2. The van der Waals surface area contributed by atoms with Crippen molar-refractivity contribution < 1.29 is 8.42 Å². The summed E-state index contributed by atoms with van der Waals surface area (Å²) in [4.78, 5) is 0. The minimum absolute atomic E-state index is 0.211. The lowest BCUT2D eigenvalue weighted by atomic mass is 9.84. The molecule has 1 unspecified atom stereocenters. The molecule has 1 atom stereocenters. The average Bonchev–Trinajstić information content (AvgIpc) is 2.64.